The van der Waals surface area contributed by atoms with Crippen molar-refractivity contribution >= 4 is 22.8 Å². The van der Waals surface area contributed by atoms with Crippen molar-refractivity contribution in [1.82, 2.24) is 24.6 Å². The van der Waals surface area contributed by atoms with Gasteiger partial charge in [0.2, 0.25) is 12.7 Å². The van der Waals surface area contributed by atoms with E-state index in [0.717, 1.165) is 48.6 Å². The van der Waals surface area contributed by atoms with Crippen LogP contribution < -0.4 is 20.1 Å². The van der Waals surface area contributed by atoms with E-state index in [1.807, 2.05) is 25.2 Å². The smallest absolute Gasteiger partial charge is 0.231 e. The minimum Gasteiger partial charge on any atom is -0.454 e. The largest absolute Gasteiger partial charge is 0.454 e. The first-order valence-corrected chi connectivity index (χ1v) is 8.94. The van der Waals surface area contributed by atoms with E-state index in [4.69, 9.17) is 25.2 Å². The summed E-state index contributed by atoms with van der Waals surface area (Å²) in [6.07, 6.45) is 0. The molecule has 2 N–H and O–H groups in total. The summed E-state index contributed by atoms with van der Waals surface area (Å²) < 4.78 is 12.6. The minimum absolute atomic E-state index is 0.236. The second kappa shape index (κ2) is 5.98. The lowest BCUT2D eigenvalue weighted by atomic mass is 10.1. The van der Waals surface area contributed by atoms with Gasteiger partial charge >= 0.3 is 0 Å². The van der Waals surface area contributed by atoms with Crippen molar-refractivity contribution in [2.45, 2.75) is 0 Å². The molecular weight excluding hydrogens is 346 g/mol. The zero-order chi connectivity index (χ0) is 18.5. The third-order valence-corrected chi connectivity index (χ3v) is 5.16. The highest BCUT2D eigenvalue weighted by atomic mass is 16.7. The highest BCUT2D eigenvalue weighted by Gasteiger charge is 2.23. The van der Waals surface area contributed by atoms with Crippen molar-refractivity contribution in [3.8, 4) is 22.8 Å². The van der Waals surface area contributed by atoms with Gasteiger partial charge in [0.05, 0.1) is 11.1 Å². The van der Waals surface area contributed by atoms with E-state index in [0.29, 0.717) is 23.2 Å². The molecule has 1 aromatic carbocycles. The Hall–Kier alpha value is -3.07. The number of piperazine rings is 1. The van der Waals surface area contributed by atoms with E-state index in [9.17, 15) is 0 Å². The molecule has 0 atom stereocenters. The molecule has 140 valence electrons. The highest BCUT2D eigenvalue weighted by Crippen LogP contribution is 2.38. The summed E-state index contributed by atoms with van der Waals surface area (Å²) in [7, 11) is 3.94. The molecule has 9 heteroatoms. The fraction of sp³-hybridized carbons (Fsp3) is 0.389. The number of hydrogen-bond donors (Lipinski definition) is 1. The summed E-state index contributed by atoms with van der Waals surface area (Å²) in [6, 6.07) is 5.80. The monoisotopic (exact) mass is 367 g/mol. The lowest BCUT2D eigenvalue weighted by Crippen LogP contribution is -2.45. The zero-order valence-corrected chi connectivity index (χ0v) is 15.3. The van der Waals surface area contributed by atoms with Gasteiger partial charge in [-0.15, -0.1) is 0 Å². The number of hydrogen-bond acceptors (Lipinski definition) is 8. The maximum Gasteiger partial charge on any atom is 0.231 e. The van der Waals surface area contributed by atoms with Gasteiger partial charge in [-0.3, -0.25) is 4.68 Å². The topological polar surface area (TPSA) is 94.6 Å². The number of ether oxygens (including phenoxy) is 2. The minimum atomic E-state index is 0.236. The molecule has 3 aromatic rings. The van der Waals surface area contributed by atoms with Crippen LogP contribution in [0.25, 0.3) is 22.3 Å². The molecule has 0 saturated carbocycles. The van der Waals surface area contributed by atoms with Gasteiger partial charge in [0.1, 0.15) is 5.82 Å². The maximum atomic E-state index is 6.28. The quantitative estimate of drug-likeness (QED) is 0.719. The molecule has 1 fully saturated rings. The first kappa shape index (κ1) is 16.1. The fourth-order valence-electron chi connectivity index (χ4n) is 3.50. The number of nitrogen functional groups attached to an aromatic ring is 1. The fourth-order valence-corrected chi connectivity index (χ4v) is 3.50. The lowest BCUT2D eigenvalue weighted by Gasteiger charge is -2.32. The predicted octanol–water partition coefficient (Wildman–Crippen LogP) is 1.09. The SMILES string of the molecule is CN1CCN(c2nc(-c3ccc4c(c3)OCO4)c3c(N)n(C)nc3n2)CC1. The summed E-state index contributed by atoms with van der Waals surface area (Å²) >= 11 is 0. The molecule has 0 spiro atoms. The Morgan fingerprint density at radius 1 is 1.00 bits per heavy atom. The second-order valence-corrected chi connectivity index (χ2v) is 6.94. The van der Waals surface area contributed by atoms with Crippen LogP contribution in [0.5, 0.6) is 11.5 Å². The zero-order valence-electron chi connectivity index (χ0n) is 15.3. The molecule has 9 nitrogen and oxygen atoms in total. The Morgan fingerprint density at radius 3 is 2.59 bits per heavy atom. The van der Waals surface area contributed by atoms with Crippen molar-refractivity contribution < 1.29 is 9.47 Å². The molecule has 0 amide bonds. The van der Waals surface area contributed by atoms with Gasteiger partial charge < -0.3 is 25.0 Å². The molecule has 4 heterocycles. The third kappa shape index (κ3) is 2.62. The number of likely N-dealkylation sites (N-methyl/N-ethyl adjacent to an activating group) is 1. The Morgan fingerprint density at radius 2 is 1.78 bits per heavy atom. The number of aromatic nitrogens is 4. The number of benzene rings is 1. The van der Waals surface area contributed by atoms with Crippen LogP contribution in [0.3, 0.4) is 0 Å². The van der Waals surface area contributed by atoms with Crippen LogP contribution in [0.2, 0.25) is 0 Å². The second-order valence-electron chi connectivity index (χ2n) is 6.94. The molecule has 0 unspecified atom stereocenters. The third-order valence-electron chi connectivity index (χ3n) is 5.16. The van der Waals surface area contributed by atoms with Crippen molar-refractivity contribution in [3.63, 3.8) is 0 Å². The van der Waals surface area contributed by atoms with Crippen molar-refractivity contribution in [1.29, 1.82) is 0 Å². The maximum absolute atomic E-state index is 6.28. The Labute approximate surface area is 156 Å². The van der Waals surface area contributed by atoms with Crippen LogP contribution in [-0.2, 0) is 7.05 Å². The van der Waals surface area contributed by atoms with Crippen LogP contribution in [0.1, 0.15) is 0 Å². The van der Waals surface area contributed by atoms with Crippen LogP contribution in [0.15, 0.2) is 18.2 Å². The summed E-state index contributed by atoms with van der Waals surface area (Å²) in [6.45, 7) is 3.95. The van der Waals surface area contributed by atoms with Crippen molar-refractivity contribution in [2.24, 2.45) is 7.05 Å². The number of nitrogens with zero attached hydrogens (tertiary/aromatic N) is 6. The Kier molecular flexibility index (Phi) is 3.57. The molecule has 2 aromatic heterocycles. The van der Waals surface area contributed by atoms with Gasteiger partial charge in [0.25, 0.3) is 0 Å². The number of nitrogens with two attached hydrogens (primary N) is 1. The van der Waals surface area contributed by atoms with E-state index >= 15 is 0 Å². The number of anilines is 2. The van der Waals surface area contributed by atoms with Crippen molar-refractivity contribution in [3.05, 3.63) is 18.2 Å². The Bertz CT molecular complexity index is 1020. The number of rotatable bonds is 2. The average Bonchev–Trinajstić information content (AvgIpc) is 3.25. The van der Waals surface area contributed by atoms with Crippen LogP contribution >= 0.6 is 0 Å². The number of aryl methyl sites for hydroxylation is 1. The van der Waals surface area contributed by atoms with E-state index in [-0.39, 0.29) is 6.79 Å². The molecule has 27 heavy (non-hydrogen) atoms. The molecule has 2 aliphatic rings. The molecule has 0 radical (unpaired) electrons. The molecule has 0 bridgehead atoms. The van der Waals surface area contributed by atoms with Gasteiger partial charge in [0.15, 0.2) is 17.1 Å². The first-order valence-electron chi connectivity index (χ1n) is 8.94. The number of fused-ring (bicyclic) bond motifs is 2. The molecule has 1 saturated heterocycles. The van der Waals surface area contributed by atoms with Gasteiger partial charge in [-0.05, 0) is 25.2 Å². The average molecular weight is 367 g/mol. The van der Waals surface area contributed by atoms with Gasteiger partial charge in [0, 0.05) is 38.8 Å². The summed E-state index contributed by atoms with van der Waals surface area (Å²) in [5, 5.41) is 5.25. The molecule has 2 aliphatic heterocycles. The molecule has 5 rings (SSSR count). The van der Waals surface area contributed by atoms with Gasteiger partial charge in [-0.25, -0.2) is 4.98 Å². The van der Waals surface area contributed by atoms with Crippen LogP contribution in [0.4, 0.5) is 11.8 Å². The predicted molar refractivity (Wildman–Crippen MR) is 102 cm³/mol. The van der Waals surface area contributed by atoms with Crippen molar-refractivity contribution in [2.75, 3.05) is 50.7 Å². The summed E-state index contributed by atoms with van der Waals surface area (Å²) in [5.41, 5.74) is 8.55. The Balaban J connectivity index is 1.67. The van der Waals surface area contributed by atoms with E-state index in [1.165, 1.54) is 0 Å². The standard InChI is InChI=1S/C18H21N7O2/c1-23-5-7-25(8-6-23)18-20-15(14-16(19)24(2)22-17(14)21-18)11-3-4-12-13(9-11)27-10-26-12/h3-4,9H,5-8,10,19H2,1-2H3. The van der Waals surface area contributed by atoms with Crippen LogP contribution in [0, 0.1) is 0 Å². The van der Waals surface area contributed by atoms with Gasteiger partial charge in [-0.1, -0.05) is 0 Å². The lowest BCUT2D eigenvalue weighted by molar-refractivity contribution is 0.174. The normalized spacial score (nSPS) is 17.0. The highest BCUT2D eigenvalue weighted by molar-refractivity contribution is 5.99. The molecule has 0 aliphatic carbocycles. The van der Waals surface area contributed by atoms with Crippen LogP contribution in [-0.4, -0.2) is 64.7 Å². The molecular formula is C18H21N7O2. The van der Waals surface area contributed by atoms with E-state index in [2.05, 4.69) is 21.9 Å². The van der Waals surface area contributed by atoms with E-state index in [1.54, 1.807) is 4.68 Å². The van der Waals surface area contributed by atoms with E-state index < -0.39 is 0 Å². The first-order chi connectivity index (χ1) is 13.1. The van der Waals surface area contributed by atoms with Gasteiger partial charge in [-0.2, -0.15) is 10.1 Å². The summed E-state index contributed by atoms with van der Waals surface area (Å²) in [5.74, 6) is 2.68. The summed E-state index contributed by atoms with van der Waals surface area (Å²) in [4.78, 5) is 14.1.